The van der Waals surface area contributed by atoms with Crippen molar-refractivity contribution in [2.45, 2.75) is 65.0 Å². The van der Waals surface area contributed by atoms with Crippen molar-refractivity contribution in [1.29, 1.82) is 0 Å². The Morgan fingerprint density at radius 3 is 2.21 bits per heavy atom. The molecule has 1 rings (SSSR count). The van der Waals surface area contributed by atoms with E-state index in [1.807, 2.05) is 0 Å². The Morgan fingerprint density at radius 1 is 1.26 bits per heavy atom. The molecule has 1 fully saturated rings. The minimum absolute atomic E-state index is 0.240. The van der Waals surface area contributed by atoms with Gasteiger partial charge in [0.05, 0.1) is 6.61 Å². The lowest BCUT2D eigenvalue weighted by molar-refractivity contribution is -0.0698. The zero-order valence-electron chi connectivity index (χ0n) is 13.6. The Hall–Kier alpha value is -0.120. The Kier molecular flexibility index (Phi) is 6.78. The van der Waals surface area contributed by atoms with Crippen molar-refractivity contribution in [2.24, 2.45) is 17.6 Å². The van der Waals surface area contributed by atoms with E-state index in [1.54, 1.807) is 7.11 Å². The molecule has 1 aliphatic carbocycles. The lowest BCUT2D eigenvalue weighted by Gasteiger charge is -2.57. The first kappa shape index (κ1) is 16.9. The molecule has 0 spiro atoms. The second-order valence-electron chi connectivity index (χ2n) is 6.50. The zero-order valence-corrected chi connectivity index (χ0v) is 13.6. The summed E-state index contributed by atoms with van der Waals surface area (Å²) in [7, 11) is 1.79. The van der Waals surface area contributed by atoms with Gasteiger partial charge >= 0.3 is 0 Å². The van der Waals surface area contributed by atoms with Crippen LogP contribution in [0.2, 0.25) is 0 Å². The SMILES string of the molecule is CCC(CC)N(CCOC)C1(CN)CC(C(C)C)C1. The van der Waals surface area contributed by atoms with Gasteiger partial charge in [-0.1, -0.05) is 27.7 Å². The lowest BCUT2D eigenvalue weighted by Crippen LogP contribution is -2.65. The summed E-state index contributed by atoms with van der Waals surface area (Å²) < 4.78 is 5.31. The summed E-state index contributed by atoms with van der Waals surface area (Å²) in [6.45, 7) is 11.9. The molecule has 3 nitrogen and oxygen atoms in total. The van der Waals surface area contributed by atoms with Crippen molar-refractivity contribution in [2.75, 3.05) is 26.8 Å². The predicted molar refractivity (Wildman–Crippen MR) is 82.3 cm³/mol. The zero-order chi connectivity index (χ0) is 14.5. The van der Waals surface area contributed by atoms with Gasteiger partial charge in [-0.3, -0.25) is 4.90 Å². The number of hydrogen-bond acceptors (Lipinski definition) is 3. The Balaban J connectivity index is 2.76. The van der Waals surface area contributed by atoms with Gasteiger partial charge < -0.3 is 10.5 Å². The van der Waals surface area contributed by atoms with Gasteiger partial charge in [-0.15, -0.1) is 0 Å². The average molecular weight is 270 g/mol. The van der Waals surface area contributed by atoms with Gasteiger partial charge in [0.25, 0.3) is 0 Å². The van der Waals surface area contributed by atoms with E-state index in [0.29, 0.717) is 6.04 Å². The van der Waals surface area contributed by atoms with Gasteiger partial charge in [0, 0.05) is 31.8 Å². The van der Waals surface area contributed by atoms with E-state index in [1.165, 1.54) is 25.7 Å². The van der Waals surface area contributed by atoms with Gasteiger partial charge in [0.1, 0.15) is 0 Å². The van der Waals surface area contributed by atoms with E-state index in [2.05, 4.69) is 32.6 Å². The van der Waals surface area contributed by atoms with Crippen molar-refractivity contribution in [3.05, 3.63) is 0 Å². The second-order valence-corrected chi connectivity index (χ2v) is 6.50. The van der Waals surface area contributed by atoms with Crippen LogP contribution in [0.3, 0.4) is 0 Å². The summed E-state index contributed by atoms with van der Waals surface area (Å²) in [5.74, 6) is 1.63. The van der Waals surface area contributed by atoms with E-state index >= 15 is 0 Å². The summed E-state index contributed by atoms with van der Waals surface area (Å²) >= 11 is 0. The molecule has 19 heavy (non-hydrogen) atoms. The standard InChI is InChI=1S/C16H34N2O/c1-6-15(7-2)18(8-9-19-5)16(12-17)10-14(11-16)13(3)4/h13-15H,6-12,17H2,1-5H3. The van der Waals surface area contributed by atoms with E-state index in [-0.39, 0.29) is 5.54 Å². The number of rotatable bonds is 9. The first-order chi connectivity index (χ1) is 9.04. The second kappa shape index (κ2) is 7.61. The Morgan fingerprint density at radius 2 is 1.84 bits per heavy atom. The summed E-state index contributed by atoms with van der Waals surface area (Å²) in [6.07, 6.45) is 4.94. The Bertz CT molecular complexity index is 245. The average Bonchev–Trinajstić information content (AvgIpc) is 2.35. The first-order valence-electron chi connectivity index (χ1n) is 8.00. The molecule has 0 radical (unpaired) electrons. The number of hydrogen-bond donors (Lipinski definition) is 1. The number of nitrogens with two attached hydrogens (primary N) is 1. The highest BCUT2D eigenvalue weighted by molar-refractivity contribution is 5.05. The van der Waals surface area contributed by atoms with Crippen LogP contribution in [0.4, 0.5) is 0 Å². The van der Waals surface area contributed by atoms with Crippen molar-refractivity contribution in [1.82, 2.24) is 4.90 Å². The third kappa shape index (κ3) is 3.71. The normalized spacial score (nSPS) is 27.3. The minimum atomic E-state index is 0.240. The molecule has 0 bridgehead atoms. The van der Waals surface area contributed by atoms with E-state index < -0.39 is 0 Å². The van der Waals surface area contributed by atoms with Crippen molar-refractivity contribution in [3.8, 4) is 0 Å². The quantitative estimate of drug-likeness (QED) is 0.700. The van der Waals surface area contributed by atoms with Crippen LogP contribution in [0.25, 0.3) is 0 Å². The summed E-state index contributed by atoms with van der Waals surface area (Å²) in [5.41, 5.74) is 6.41. The fourth-order valence-electron chi connectivity index (χ4n) is 3.63. The Labute approximate surface area is 119 Å². The highest BCUT2D eigenvalue weighted by Crippen LogP contribution is 2.46. The largest absolute Gasteiger partial charge is 0.383 e. The molecule has 0 heterocycles. The van der Waals surface area contributed by atoms with E-state index in [0.717, 1.165) is 31.5 Å². The maximum absolute atomic E-state index is 6.17. The molecule has 3 heteroatoms. The molecule has 2 N–H and O–H groups in total. The van der Waals surface area contributed by atoms with Crippen molar-refractivity contribution in [3.63, 3.8) is 0 Å². The fourth-order valence-corrected chi connectivity index (χ4v) is 3.63. The van der Waals surface area contributed by atoms with Crippen LogP contribution < -0.4 is 5.73 Å². The third-order valence-corrected chi connectivity index (χ3v) is 5.14. The highest BCUT2D eigenvalue weighted by atomic mass is 16.5. The molecule has 0 saturated heterocycles. The van der Waals surface area contributed by atoms with Crippen LogP contribution >= 0.6 is 0 Å². The molecular weight excluding hydrogens is 236 g/mol. The monoisotopic (exact) mass is 270 g/mol. The maximum atomic E-state index is 6.17. The molecule has 0 unspecified atom stereocenters. The number of ether oxygens (including phenoxy) is 1. The predicted octanol–water partition coefficient (Wildman–Crippen LogP) is 2.89. The van der Waals surface area contributed by atoms with Crippen molar-refractivity contribution < 1.29 is 4.74 Å². The minimum Gasteiger partial charge on any atom is -0.383 e. The van der Waals surface area contributed by atoms with Crippen LogP contribution in [-0.2, 0) is 4.74 Å². The van der Waals surface area contributed by atoms with Gasteiger partial charge in [0.15, 0.2) is 0 Å². The topological polar surface area (TPSA) is 38.5 Å². The van der Waals surface area contributed by atoms with Crippen LogP contribution in [0, 0.1) is 11.8 Å². The van der Waals surface area contributed by atoms with Crippen LogP contribution in [0.1, 0.15) is 53.4 Å². The van der Waals surface area contributed by atoms with Gasteiger partial charge in [0.2, 0.25) is 0 Å². The molecular formula is C16H34N2O. The van der Waals surface area contributed by atoms with Crippen LogP contribution in [0.15, 0.2) is 0 Å². The molecule has 0 aliphatic heterocycles. The molecule has 1 aliphatic rings. The van der Waals surface area contributed by atoms with E-state index in [4.69, 9.17) is 10.5 Å². The number of nitrogens with zero attached hydrogens (tertiary/aromatic N) is 1. The van der Waals surface area contributed by atoms with Gasteiger partial charge in [-0.2, -0.15) is 0 Å². The van der Waals surface area contributed by atoms with Gasteiger partial charge in [-0.25, -0.2) is 0 Å². The molecule has 0 aromatic carbocycles. The molecule has 114 valence electrons. The molecule has 0 aromatic heterocycles. The molecule has 0 amide bonds. The summed E-state index contributed by atoms with van der Waals surface area (Å²) in [4.78, 5) is 2.66. The number of methoxy groups -OCH3 is 1. The summed E-state index contributed by atoms with van der Waals surface area (Å²) in [6, 6.07) is 0.645. The molecule has 0 aromatic rings. The molecule has 1 saturated carbocycles. The lowest BCUT2D eigenvalue weighted by atomic mass is 9.62. The van der Waals surface area contributed by atoms with E-state index in [9.17, 15) is 0 Å². The first-order valence-corrected chi connectivity index (χ1v) is 8.00. The van der Waals surface area contributed by atoms with Crippen LogP contribution in [-0.4, -0.2) is 43.3 Å². The van der Waals surface area contributed by atoms with Crippen molar-refractivity contribution >= 4 is 0 Å². The maximum Gasteiger partial charge on any atom is 0.0590 e. The highest BCUT2D eigenvalue weighted by Gasteiger charge is 2.49. The van der Waals surface area contributed by atoms with Crippen LogP contribution in [0.5, 0.6) is 0 Å². The van der Waals surface area contributed by atoms with Gasteiger partial charge in [-0.05, 0) is 37.5 Å². The third-order valence-electron chi connectivity index (χ3n) is 5.14. The molecule has 0 atom stereocenters. The smallest absolute Gasteiger partial charge is 0.0590 e. The fraction of sp³-hybridized carbons (Fsp3) is 1.00. The summed E-state index contributed by atoms with van der Waals surface area (Å²) in [5, 5.41) is 0.